The van der Waals surface area contributed by atoms with Crippen LogP contribution in [0.25, 0.3) is 10.2 Å². The Labute approximate surface area is 155 Å². The van der Waals surface area contributed by atoms with Gasteiger partial charge in [0.15, 0.2) is 4.80 Å². The number of nitro groups is 1. The third kappa shape index (κ3) is 3.45. The highest BCUT2D eigenvalue weighted by Gasteiger charge is 2.13. The van der Waals surface area contributed by atoms with Crippen LogP contribution in [-0.4, -0.2) is 15.4 Å². The van der Waals surface area contributed by atoms with Crippen molar-refractivity contribution in [2.45, 2.75) is 6.54 Å². The second-order valence-corrected chi connectivity index (χ2v) is 6.95. The molecule has 0 radical (unpaired) electrons. The predicted molar refractivity (Wildman–Crippen MR) is 101 cm³/mol. The van der Waals surface area contributed by atoms with E-state index in [9.17, 15) is 14.9 Å². The van der Waals surface area contributed by atoms with Crippen molar-refractivity contribution in [3.8, 4) is 0 Å². The number of carbonyl (C=O) groups excluding carboxylic acids is 1. The first-order valence-corrected chi connectivity index (χ1v) is 8.84. The van der Waals surface area contributed by atoms with Crippen molar-refractivity contribution >= 4 is 49.1 Å². The molecule has 0 aliphatic carbocycles. The Morgan fingerprint density at radius 3 is 2.80 bits per heavy atom. The number of nitro benzene ring substituents is 1. The van der Waals surface area contributed by atoms with Crippen LogP contribution in [0.2, 0.25) is 0 Å². The van der Waals surface area contributed by atoms with E-state index in [0.29, 0.717) is 26.9 Å². The van der Waals surface area contributed by atoms with E-state index in [0.717, 1.165) is 4.70 Å². The lowest BCUT2D eigenvalue weighted by Crippen LogP contribution is -2.16. The molecule has 0 bridgehead atoms. The summed E-state index contributed by atoms with van der Waals surface area (Å²) in [6, 6.07) is 11.6. The van der Waals surface area contributed by atoms with Crippen molar-refractivity contribution in [3.05, 3.63) is 80.1 Å². The number of fused-ring (bicyclic) bond motifs is 1. The van der Waals surface area contributed by atoms with E-state index in [2.05, 4.69) is 27.5 Å². The number of thiazole rings is 1. The van der Waals surface area contributed by atoms with Crippen molar-refractivity contribution in [3.63, 3.8) is 0 Å². The maximum absolute atomic E-state index is 12.5. The average Bonchev–Trinajstić information content (AvgIpc) is 2.92. The van der Waals surface area contributed by atoms with E-state index in [1.165, 1.54) is 23.5 Å². The SMILES string of the molecule is C=CCn1c(=NC(=O)c2ccccc2Br)sc2ccc([N+](=O)[O-])cc21. The van der Waals surface area contributed by atoms with E-state index in [-0.39, 0.29) is 11.6 Å². The Hall–Kier alpha value is -2.58. The lowest BCUT2D eigenvalue weighted by Gasteiger charge is -2.01. The lowest BCUT2D eigenvalue weighted by atomic mass is 10.2. The molecule has 8 heteroatoms. The normalized spacial score (nSPS) is 11.6. The molecule has 0 aliphatic heterocycles. The number of halogens is 1. The van der Waals surface area contributed by atoms with E-state index >= 15 is 0 Å². The van der Waals surface area contributed by atoms with Gasteiger partial charge in [0.2, 0.25) is 0 Å². The Morgan fingerprint density at radius 1 is 1.36 bits per heavy atom. The van der Waals surface area contributed by atoms with Gasteiger partial charge >= 0.3 is 0 Å². The molecule has 6 nitrogen and oxygen atoms in total. The van der Waals surface area contributed by atoms with Gasteiger partial charge in [-0.3, -0.25) is 14.9 Å². The van der Waals surface area contributed by atoms with Gasteiger partial charge in [-0.2, -0.15) is 4.99 Å². The number of hydrogen-bond donors (Lipinski definition) is 0. The first-order valence-electron chi connectivity index (χ1n) is 7.23. The number of nitrogens with zero attached hydrogens (tertiary/aromatic N) is 3. The van der Waals surface area contributed by atoms with Gasteiger partial charge in [-0.05, 0) is 34.1 Å². The number of amides is 1. The van der Waals surface area contributed by atoms with E-state index < -0.39 is 4.92 Å². The molecule has 126 valence electrons. The van der Waals surface area contributed by atoms with Crippen LogP contribution in [-0.2, 0) is 6.54 Å². The fourth-order valence-electron chi connectivity index (χ4n) is 2.34. The number of carbonyl (C=O) groups is 1. The summed E-state index contributed by atoms with van der Waals surface area (Å²) in [7, 11) is 0. The van der Waals surface area contributed by atoms with E-state index in [1.807, 2.05) is 6.07 Å². The molecule has 0 atom stereocenters. The van der Waals surface area contributed by atoms with Gasteiger partial charge in [0.1, 0.15) is 0 Å². The Kier molecular flexibility index (Phi) is 4.91. The van der Waals surface area contributed by atoms with Crippen LogP contribution in [0.3, 0.4) is 0 Å². The second-order valence-electron chi connectivity index (χ2n) is 5.09. The molecule has 1 aromatic heterocycles. The fraction of sp³-hybridized carbons (Fsp3) is 0.0588. The summed E-state index contributed by atoms with van der Waals surface area (Å²) in [4.78, 5) is 27.8. The van der Waals surface area contributed by atoms with E-state index in [4.69, 9.17) is 0 Å². The third-order valence-electron chi connectivity index (χ3n) is 3.49. The Morgan fingerprint density at radius 2 is 2.12 bits per heavy atom. The molecule has 0 saturated heterocycles. The summed E-state index contributed by atoms with van der Waals surface area (Å²) < 4.78 is 3.22. The zero-order valence-electron chi connectivity index (χ0n) is 12.9. The molecule has 1 heterocycles. The van der Waals surface area contributed by atoms with Gasteiger partial charge in [0.25, 0.3) is 11.6 Å². The molecule has 0 saturated carbocycles. The molecule has 3 rings (SSSR count). The molecule has 2 aromatic carbocycles. The topological polar surface area (TPSA) is 77.5 Å². The minimum absolute atomic E-state index is 0.00760. The van der Waals surface area contributed by atoms with Gasteiger partial charge in [-0.15, -0.1) is 6.58 Å². The lowest BCUT2D eigenvalue weighted by molar-refractivity contribution is -0.384. The maximum Gasteiger partial charge on any atom is 0.280 e. The molecule has 0 unspecified atom stereocenters. The van der Waals surface area contributed by atoms with Crippen molar-refractivity contribution in [2.24, 2.45) is 4.99 Å². The number of allylic oxidation sites excluding steroid dienone is 1. The number of hydrogen-bond acceptors (Lipinski definition) is 4. The first-order chi connectivity index (χ1) is 12.0. The maximum atomic E-state index is 12.5. The van der Waals surface area contributed by atoms with Crippen LogP contribution < -0.4 is 4.80 Å². The summed E-state index contributed by atoms with van der Waals surface area (Å²) >= 11 is 4.65. The first kappa shape index (κ1) is 17.2. The number of non-ortho nitro benzene ring substituents is 1. The van der Waals surface area contributed by atoms with Crippen molar-refractivity contribution in [1.29, 1.82) is 0 Å². The molecule has 25 heavy (non-hydrogen) atoms. The largest absolute Gasteiger partial charge is 0.312 e. The summed E-state index contributed by atoms with van der Waals surface area (Å²) in [6.45, 7) is 4.10. The highest BCUT2D eigenvalue weighted by molar-refractivity contribution is 9.10. The minimum Gasteiger partial charge on any atom is -0.312 e. The molecule has 1 amide bonds. The average molecular weight is 418 g/mol. The predicted octanol–water partition coefficient (Wildman–Crippen LogP) is 4.30. The van der Waals surface area contributed by atoms with Crippen LogP contribution in [0, 0.1) is 10.1 Å². The molecule has 3 aromatic rings. The highest BCUT2D eigenvalue weighted by atomic mass is 79.9. The zero-order valence-corrected chi connectivity index (χ0v) is 15.3. The molecular weight excluding hydrogens is 406 g/mol. The molecule has 0 fully saturated rings. The Balaban J connectivity index is 2.19. The summed E-state index contributed by atoms with van der Waals surface area (Å²) in [6.07, 6.45) is 1.66. The standard InChI is InChI=1S/C17H12BrN3O3S/c1-2-9-20-14-10-11(21(23)24)7-8-15(14)25-17(20)19-16(22)12-5-3-4-6-13(12)18/h2-8,10H,1,9H2. The Bertz CT molecular complexity index is 1070. The van der Waals surface area contributed by atoms with Crippen molar-refractivity contribution in [1.82, 2.24) is 4.57 Å². The van der Waals surface area contributed by atoms with Crippen LogP contribution in [0.4, 0.5) is 5.69 Å². The van der Waals surface area contributed by atoms with Crippen LogP contribution in [0.1, 0.15) is 10.4 Å². The minimum atomic E-state index is -0.446. The quantitative estimate of drug-likeness (QED) is 0.360. The van der Waals surface area contributed by atoms with Crippen molar-refractivity contribution in [2.75, 3.05) is 0 Å². The smallest absolute Gasteiger partial charge is 0.280 e. The van der Waals surface area contributed by atoms with Gasteiger partial charge in [-0.25, -0.2) is 0 Å². The van der Waals surface area contributed by atoms with Gasteiger partial charge in [0.05, 0.1) is 20.7 Å². The molecule has 0 spiro atoms. The zero-order chi connectivity index (χ0) is 18.0. The highest BCUT2D eigenvalue weighted by Crippen LogP contribution is 2.23. The van der Waals surface area contributed by atoms with Gasteiger partial charge < -0.3 is 4.57 Å². The summed E-state index contributed by atoms with van der Waals surface area (Å²) in [5.41, 5.74) is 1.10. The van der Waals surface area contributed by atoms with Gasteiger partial charge in [0, 0.05) is 23.2 Å². The second kappa shape index (κ2) is 7.12. The van der Waals surface area contributed by atoms with Crippen LogP contribution in [0.5, 0.6) is 0 Å². The van der Waals surface area contributed by atoms with Crippen molar-refractivity contribution < 1.29 is 9.72 Å². The molecular formula is C17H12BrN3O3S. The van der Waals surface area contributed by atoms with Crippen LogP contribution in [0.15, 0.2) is 64.6 Å². The molecule has 0 aliphatic rings. The van der Waals surface area contributed by atoms with Gasteiger partial charge in [-0.1, -0.05) is 29.5 Å². The number of aromatic nitrogens is 1. The molecule has 0 N–H and O–H groups in total. The van der Waals surface area contributed by atoms with E-state index in [1.54, 1.807) is 34.9 Å². The summed E-state index contributed by atoms with van der Waals surface area (Å²) in [5.74, 6) is -0.383. The third-order valence-corrected chi connectivity index (χ3v) is 5.24. The fourth-order valence-corrected chi connectivity index (χ4v) is 3.82. The van der Waals surface area contributed by atoms with Crippen LogP contribution >= 0.6 is 27.3 Å². The number of benzene rings is 2. The monoisotopic (exact) mass is 417 g/mol. The number of rotatable bonds is 4. The summed E-state index contributed by atoms with van der Waals surface area (Å²) in [5, 5.41) is 11.0.